The average Bonchev–Trinajstić information content (AvgIpc) is 2.70. The van der Waals surface area contributed by atoms with Crippen molar-refractivity contribution in [1.82, 2.24) is 4.90 Å². The van der Waals surface area contributed by atoms with Gasteiger partial charge in [0, 0.05) is 12.1 Å². The molecule has 2 atom stereocenters. The molecule has 1 saturated heterocycles. The van der Waals surface area contributed by atoms with Crippen molar-refractivity contribution in [3.8, 4) is 0 Å². The average molecular weight is 270 g/mol. The zero-order valence-corrected chi connectivity index (χ0v) is 11.2. The standard InChI is InChI=1S/C14H17ClFNO/c1-10-2-8-13(17(10)14(15)18)9-5-11-3-6-12(16)7-4-11/h3-4,6-7,10,13H,2,5,8-9H2,1H3/t10-,13-/m1/s1. The Morgan fingerprint density at radius 1 is 1.39 bits per heavy atom. The maximum Gasteiger partial charge on any atom is 0.316 e. The number of hydrogen-bond donors (Lipinski definition) is 0. The third kappa shape index (κ3) is 3.02. The first-order valence-corrected chi connectivity index (χ1v) is 6.68. The molecule has 0 bridgehead atoms. The van der Waals surface area contributed by atoms with Crippen molar-refractivity contribution in [2.24, 2.45) is 0 Å². The fraction of sp³-hybridized carbons (Fsp3) is 0.500. The molecule has 0 spiro atoms. The Morgan fingerprint density at radius 3 is 2.67 bits per heavy atom. The lowest BCUT2D eigenvalue weighted by Crippen LogP contribution is -2.36. The van der Waals surface area contributed by atoms with Gasteiger partial charge in [0.05, 0.1) is 0 Å². The second-order valence-corrected chi connectivity index (χ2v) is 5.23. The molecule has 1 aromatic rings. The molecule has 18 heavy (non-hydrogen) atoms. The molecule has 1 heterocycles. The Bertz CT molecular complexity index is 420. The zero-order valence-electron chi connectivity index (χ0n) is 10.4. The van der Waals surface area contributed by atoms with Gasteiger partial charge in [-0.3, -0.25) is 4.79 Å². The van der Waals surface area contributed by atoms with Crippen LogP contribution in [0.4, 0.5) is 9.18 Å². The van der Waals surface area contributed by atoms with E-state index in [0.717, 1.165) is 31.2 Å². The number of amides is 1. The van der Waals surface area contributed by atoms with Crippen molar-refractivity contribution < 1.29 is 9.18 Å². The number of hydrogen-bond acceptors (Lipinski definition) is 1. The predicted molar refractivity (Wildman–Crippen MR) is 70.3 cm³/mol. The van der Waals surface area contributed by atoms with Crippen LogP contribution in [-0.4, -0.2) is 22.3 Å². The Labute approximate surface area is 112 Å². The number of nitrogens with zero attached hydrogens (tertiary/aromatic N) is 1. The van der Waals surface area contributed by atoms with E-state index in [1.807, 2.05) is 6.92 Å². The van der Waals surface area contributed by atoms with Gasteiger partial charge < -0.3 is 4.90 Å². The van der Waals surface area contributed by atoms with E-state index >= 15 is 0 Å². The van der Waals surface area contributed by atoms with Crippen LogP contribution < -0.4 is 0 Å². The van der Waals surface area contributed by atoms with Crippen LogP contribution in [0.25, 0.3) is 0 Å². The summed E-state index contributed by atoms with van der Waals surface area (Å²) in [7, 11) is 0. The van der Waals surface area contributed by atoms with E-state index in [-0.39, 0.29) is 23.3 Å². The number of rotatable bonds is 3. The third-order valence-electron chi connectivity index (χ3n) is 3.67. The number of likely N-dealkylation sites (tertiary alicyclic amines) is 1. The molecule has 1 aliphatic heterocycles. The predicted octanol–water partition coefficient (Wildman–Crippen LogP) is 3.97. The molecular formula is C14H17ClFNO. The zero-order chi connectivity index (χ0) is 13.1. The van der Waals surface area contributed by atoms with Crippen molar-refractivity contribution in [1.29, 1.82) is 0 Å². The first kappa shape index (κ1) is 13.3. The second kappa shape index (κ2) is 5.70. The summed E-state index contributed by atoms with van der Waals surface area (Å²) in [4.78, 5) is 13.1. The quantitative estimate of drug-likeness (QED) is 0.601. The Morgan fingerprint density at radius 2 is 2.06 bits per heavy atom. The fourth-order valence-electron chi connectivity index (χ4n) is 2.66. The SMILES string of the molecule is C[C@@H]1CC[C@H](CCc2ccc(F)cc2)N1C(=O)Cl. The number of carbonyl (C=O) groups excluding carboxylic acids is 1. The molecule has 4 heteroatoms. The summed E-state index contributed by atoms with van der Waals surface area (Å²) >= 11 is 5.61. The van der Waals surface area contributed by atoms with Crippen molar-refractivity contribution >= 4 is 17.0 Å². The van der Waals surface area contributed by atoms with Gasteiger partial charge in [-0.2, -0.15) is 0 Å². The molecular weight excluding hydrogens is 253 g/mol. The van der Waals surface area contributed by atoms with Crippen molar-refractivity contribution in [2.45, 2.75) is 44.7 Å². The molecule has 2 rings (SSSR count). The second-order valence-electron chi connectivity index (χ2n) is 4.91. The van der Waals surface area contributed by atoms with Crippen molar-refractivity contribution in [2.75, 3.05) is 0 Å². The van der Waals surface area contributed by atoms with Gasteiger partial charge in [-0.05, 0) is 61.9 Å². The summed E-state index contributed by atoms with van der Waals surface area (Å²) in [5.41, 5.74) is 1.10. The summed E-state index contributed by atoms with van der Waals surface area (Å²) < 4.78 is 12.8. The summed E-state index contributed by atoms with van der Waals surface area (Å²) in [6.07, 6.45) is 3.74. The molecule has 1 aromatic carbocycles. The van der Waals surface area contributed by atoms with E-state index in [4.69, 9.17) is 11.6 Å². The Hall–Kier alpha value is -1.09. The van der Waals surface area contributed by atoms with E-state index in [0.29, 0.717) is 0 Å². The van der Waals surface area contributed by atoms with Gasteiger partial charge in [0.1, 0.15) is 5.82 Å². The molecule has 1 fully saturated rings. The van der Waals surface area contributed by atoms with Gasteiger partial charge >= 0.3 is 5.37 Å². The van der Waals surface area contributed by atoms with Crippen LogP contribution in [0.2, 0.25) is 0 Å². The minimum Gasteiger partial charge on any atom is -0.324 e. The first-order valence-electron chi connectivity index (χ1n) is 6.30. The molecule has 0 radical (unpaired) electrons. The van der Waals surface area contributed by atoms with Crippen LogP contribution in [0.5, 0.6) is 0 Å². The van der Waals surface area contributed by atoms with Gasteiger partial charge in [-0.25, -0.2) is 4.39 Å². The number of aryl methyl sites for hydroxylation is 1. The lowest BCUT2D eigenvalue weighted by molar-refractivity contribution is 0.197. The topological polar surface area (TPSA) is 20.3 Å². The van der Waals surface area contributed by atoms with Crippen molar-refractivity contribution in [3.05, 3.63) is 35.6 Å². The largest absolute Gasteiger partial charge is 0.324 e. The molecule has 2 nitrogen and oxygen atoms in total. The molecule has 1 aliphatic rings. The van der Waals surface area contributed by atoms with Crippen LogP contribution >= 0.6 is 11.6 Å². The van der Waals surface area contributed by atoms with E-state index in [9.17, 15) is 9.18 Å². The molecule has 0 aliphatic carbocycles. The van der Waals surface area contributed by atoms with E-state index in [1.165, 1.54) is 12.1 Å². The summed E-state index contributed by atoms with van der Waals surface area (Å²) in [5, 5.41) is -0.357. The molecule has 0 unspecified atom stereocenters. The van der Waals surface area contributed by atoms with E-state index < -0.39 is 0 Å². The lowest BCUT2D eigenvalue weighted by Gasteiger charge is -2.26. The van der Waals surface area contributed by atoms with Gasteiger partial charge in [-0.1, -0.05) is 12.1 Å². The van der Waals surface area contributed by atoms with Gasteiger partial charge in [0.15, 0.2) is 0 Å². The van der Waals surface area contributed by atoms with Crippen LogP contribution in [0, 0.1) is 5.82 Å². The highest BCUT2D eigenvalue weighted by atomic mass is 35.5. The summed E-state index contributed by atoms with van der Waals surface area (Å²) in [5.74, 6) is -0.217. The molecule has 0 aromatic heterocycles. The number of benzene rings is 1. The van der Waals surface area contributed by atoms with Gasteiger partial charge in [0.25, 0.3) is 0 Å². The van der Waals surface area contributed by atoms with E-state index in [2.05, 4.69) is 0 Å². The van der Waals surface area contributed by atoms with Crippen molar-refractivity contribution in [3.63, 3.8) is 0 Å². The highest BCUT2D eigenvalue weighted by molar-refractivity contribution is 6.62. The van der Waals surface area contributed by atoms with Crippen LogP contribution in [0.15, 0.2) is 24.3 Å². The third-order valence-corrected chi connectivity index (χ3v) is 3.86. The van der Waals surface area contributed by atoms with E-state index in [1.54, 1.807) is 17.0 Å². The normalized spacial score (nSPS) is 23.4. The summed E-state index contributed by atoms with van der Waals surface area (Å²) in [6.45, 7) is 2.03. The van der Waals surface area contributed by atoms with Gasteiger partial charge in [0.2, 0.25) is 0 Å². The summed E-state index contributed by atoms with van der Waals surface area (Å²) in [6, 6.07) is 6.97. The first-order chi connectivity index (χ1) is 8.58. The molecule has 1 amide bonds. The van der Waals surface area contributed by atoms with Crippen LogP contribution in [-0.2, 0) is 6.42 Å². The Balaban J connectivity index is 1.93. The minimum atomic E-state index is -0.357. The Kier molecular flexibility index (Phi) is 4.23. The number of carbonyl (C=O) groups is 1. The highest BCUT2D eigenvalue weighted by Gasteiger charge is 2.32. The minimum absolute atomic E-state index is 0.217. The lowest BCUT2D eigenvalue weighted by atomic mass is 10.0. The highest BCUT2D eigenvalue weighted by Crippen LogP contribution is 2.28. The molecule has 0 N–H and O–H groups in total. The fourth-order valence-corrected chi connectivity index (χ4v) is 2.96. The molecule has 98 valence electrons. The van der Waals surface area contributed by atoms with Gasteiger partial charge in [-0.15, -0.1) is 0 Å². The smallest absolute Gasteiger partial charge is 0.316 e. The maximum atomic E-state index is 12.8. The maximum absolute atomic E-state index is 12.8. The number of halogens is 2. The molecule has 0 saturated carbocycles. The van der Waals surface area contributed by atoms with Crippen LogP contribution in [0.1, 0.15) is 31.7 Å². The van der Waals surface area contributed by atoms with Crippen LogP contribution in [0.3, 0.4) is 0 Å². The monoisotopic (exact) mass is 269 g/mol.